The van der Waals surface area contributed by atoms with Gasteiger partial charge >= 0.3 is 0 Å². The average Bonchev–Trinajstić information content (AvgIpc) is 2.27. The molecule has 0 fully saturated rings. The van der Waals surface area contributed by atoms with Gasteiger partial charge in [-0.15, -0.1) is 16.8 Å². The number of aromatic nitrogens is 2. The van der Waals surface area contributed by atoms with E-state index in [1.807, 2.05) is 0 Å². The molecule has 1 heterocycles. The Bertz CT molecular complexity index is 456. The van der Waals surface area contributed by atoms with E-state index in [1.165, 1.54) is 0 Å². The van der Waals surface area contributed by atoms with Crippen LogP contribution in [0.2, 0.25) is 0 Å². The highest BCUT2D eigenvalue weighted by atomic mass is 32.2. The Morgan fingerprint density at radius 2 is 2.00 bits per heavy atom. The van der Waals surface area contributed by atoms with Gasteiger partial charge in [-0.05, 0) is 18.6 Å². The number of sulfonamides is 1. The smallest absolute Gasteiger partial charge is 0.233 e. The molecule has 0 radical (unpaired) electrons. The summed E-state index contributed by atoms with van der Waals surface area (Å²) in [5.74, 6) is 0.872. The molecule has 0 bridgehead atoms. The highest BCUT2D eigenvalue weighted by Gasteiger charge is 2.09. The average molecular weight is 256 g/mol. The van der Waals surface area contributed by atoms with E-state index in [9.17, 15) is 8.42 Å². The van der Waals surface area contributed by atoms with Gasteiger partial charge in [0.05, 0.1) is 5.75 Å². The summed E-state index contributed by atoms with van der Waals surface area (Å²) in [6.07, 6.45) is 2.25. The SMILES string of the molecule is C=CCNc1ccc(NS(=O)(=O)CCC)nn1. The quantitative estimate of drug-likeness (QED) is 0.717. The van der Waals surface area contributed by atoms with Gasteiger partial charge < -0.3 is 5.32 Å². The van der Waals surface area contributed by atoms with Gasteiger partial charge in [-0.3, -0.25) is 4.72 Å². The van der Waals surface area contributed by atoms with Crippen molar-refractivity contribution in [2.75, 3.05) is 22.3 Å². The van der Waals surface area contributed by atoms with Crippen LogP contribution in [0.5, 0.6) is 0 Å². The first-order valence-electron chi connectivity index (χ1n) is 5.26. The van der Waals surface area contributed by atoms with E-state index in [0.29, 0.717) is 18.8 Å². The predicted molar refractivity (Wildman–Crippen MR) is 68.4 cm³/mol. The molecule has 94 valence electrons. The van der Waals surface area contributed by atoms with Gasteiger partial charge in [0.1, 0.15) is 5.82 Å². The molecule has 0 atom stereocenters. The van der Waals surface area contributed by atoms with Gasteiger partial charge in [0.15, 0.2) is 5.82 Å². The van der Waals surface area contributed by atoms with Crippen molar-refractivity contribution in [1.82, 2.24) is 10.2 Å². The van der Waals surface area contributed by atoms with E-state index >= 15 is 0 Å². The van der Waals surface area contributed by atoms with Crippen LogP contribution in [0.15, 0.2) is 24.8 Å². The van der Waals surface area contributed by atoms with Gasteiger partial charge in [0.25, 0.3) is 0 Å². The summed E-state index contributed by atoms with van der Waals surface area (Å²) in [4.78, 5) is 0. The molecule has 0 aliphatic rings. The predicted octanol–water partition coefficient (Wildman–Crippen LogP) is 1.23. The van der Waals surface area contributed by atoms with Crippen LogP contribution < -0.4 is 10.0 Å². The van der Waals surface area contributed by atoms with Crippen LogP contribution in [0.4, 0.5) is 11.6 Å². The Morgan fingerprint density at radius 1 is 1.35 bits per heavy atom. The maximum Gasteiger partial charge on any atom is 0.233 e. The maximum atomic E-state index is 11.4. The summed E-state index contributed by atoms with van der Waals surface area (Å²) in [6, 6.07) is 3.21. The lowest BCUT2D eigenvalue weighted by Gasteiger charge is -2.06. The van der Waals surface area contributed by atoms with Crippen LogP contribution in [-0.4, -0.2) is 30.9 Å². The molecule has 7 heteroatoms. The van der Waals surface area contributed by atoms with E-state index in [1.54, 1.807) is 25.1 Å². The minimum absolute atomic E-state index is 0.0745. The second kappa shape index (κ2) is 6.19. The van der Waals surface area contributed by atoms with Gasteiger partial charge in [0.2, 0.25) is 10.0 Å². The Kier molecular flexibility index (Phi) is 4.89. The van der Waals surface area contributed by atoms with Gasteiger partial charge in [-0.25, -0.2) is 8.42 Å². The molecule has 0 spiro atoms. The van der Waals surface area contributed by atoms with Crippen LogP contribution >= 0.6 is 0 Å². The molecular weight excluding hydrogens is 240 g/mol. The molecular formula is C10H16N4O2S. The minimum Gasteiger partial charge on any atom is -0.365 e. The van der Waals surface area contributed by atoms with Gasteiger partial charge in [0, 0.05) is 6.54 Å². The molecule has 0 unspecified atom stereocenters. The monoisotopic (exact) mass is 256 g/mol. The highest BCUT2D eigenvalue weighted by Crippen LogP contribution is 2.08. The Hall–Kier alpha value is -1.63. The minimum atomic E-state index is -3.30. The summed E-state index contributed by atoms with van der Waals surface area (Å²) in [5, 5.41) is 10.5. The molecule has 2 N–H and O–H groups in total. The molecule has 0 aliphatic carbocycles. The van der Waals surface area contributed by atoms with Crippen molar-refractivity contribution in [3.05, 3.63) is 24.8 Å². The molecule has 1 aromatic rings. The van der Waals surface area contributed by atoms with Gasteiger partial charge in [-0.2, -0.15) is 0 Å². The summed E-state index contributed by atoms with van der Waals surface area (Å²) >= 11 is 0. The number of hydrogen-bond donors (Lipinski definition) is 2. The molecule has 0 aliphatic heterocycles. The lowest BCUT2D eigenvalue weighted by molar-refractivity contribution is 0.599. The number of nitrogens with zero attached hydrogens (tertiary/aromatic N) is 2. The van der Waals surface area contributed by atoms with Crippen molar-refractivity contribution in [1.29, 1.82) is 0 Å². The molecule has 0 saturated heterocycles. The number of nitrogens with one attached hydrogen (secondary N) is 2. The third kappa shape index (κ3) is 4.81. The Morgan fingerprint density at radius 3 is 2.53 bits per heavy atom. The van der Waals surface area contributed by atoms with Crippen LogP contribution in [0.1, 0.15) is 13.3 Å². The van der Waals surface area contributed by atoms with Crippen molar-refractivity contribution < 1.29 is 8.42 Å². The fraction of sp³-hybridized carbons (Fsp3) is 0.400. The van der Waals surface area contributed by atoms with Crippen LogP contribution in [0, 0.1) is 0 Å². The standard InChI is InChI=1S/C10H16N4O2S/c1-3-7-11-9-5-6-10(13-12-9)14-17(15,16)8-4-2/h3,5-6H,1,4,7-8H2,2H3,(H,11,12)(H,13,14). The largest absolute Gasteiger partial charge is 0.365 e. The summed E-state index contributed by atoms with van der Waals surface area (Å²) < 4.78 is 25.3. The second-order valence-electron chi connectivity index (χ2n) is 3.39. The summed E-state index contributed by atoms with van der Waals surface area (Å²) in [7, 11) is -3.30. The Labute approximate surface area is 101 Å². The van der Waals surface area contributed by atoms with Crippen LogP contribution in [0.25, 0.3) is 0 Å². The molecule has 1 rings (SSSR count). The van der Waals surface area contributed by atoms with Gasteiger partial charge in [-0.1, -0.05) is 13.0 Å². The van der Waals surface area contributed by atoms with E-state index in [2.05, 4.69) is 26.8 Å². The fourth-order valence-corrected chi connectivity index (χ4v) is 2.20. The number of anilines is 2. The lowest BCUT2D eigenvalue weighted by atomic mass is 10.5. The summed E-state index contributed by atoms with van der Waals surface area (Å²) in [5.41, 5.74) is 0. The van der Waals surface area contributed by atoms with E-state index in [-0.39, 0.29) is 11.6 Å². The molecule has 0 saturated carbocycles. The fourth-order valence-electron chi connectivity index (χ4n) is 1.14. The second-order valence-corrected chi connectivity index (χ2v) is 5.24. The Balaban J connectivity index is 2.65. The van der Waals surface area contributed by atoms with Crippen molar-refractivity contribution in [2.24, 2.45) is 0 Å². The first-order chi connectivity index (χ1) is 8.07. The zero-order valence-corrected chi connectivity index (χ0v) is 10.5. The highest BCUT2D eigenvalue weighted by molar-refractivity contribution is 7.92. The molecule has 0 amide bonds. The maximum absolute atomic E-state index is 11.4. The van der Waals surface area contributed by atoms with Crippen molar-refractivity contribution >= 4 is 21.7 Å². The molecule has 6 nitrogen and oxygen atoms in total. The summed E-state index contributed by atoms with van der Waals surface area (Å²) in [6.45, 7) is 5.94. The van der Waals surface area contributed by atoms with Crippen LogP contribution in [-0.2, 0) is 10.0 Å². The topological polar surface area (TPSA) is 84.0 Å². The van der Waals surface area contributed by atoms with E-state index in [4.69, 9.17) is 0 Å². The third-order valence-corrected chi connectivity index (χ3v) is 3.29. The van der Waals surface area contributed by atoms with Crippen molar-refractivity contribution in [2.45, 2.75) is 13.3 Å². The van der Waals surface area contributed by atoms with E-state index < -0.39 is 10.0 Å². The first kappa shape index (κ1) is 13.4. The number of rotatable bonds is 7. The molecule has 17 heavy (non-hydrogen) atoms. The zero-order chi connectivity index (χ0) is 12.7. The van der Waals surface area contributed by atoms with Crippen molar-refractivity contribution in [3.63, 3.8) is 0 Å². The lowest BCUT2D eigenvalue weighted by Crippen LogP contribution is -2.17. The van der Waals surface area contributed by atoms with Crippen molar-refractivity contribution in [3.8, 4) is 0 Å². The zero-order valence-electron chi connectivity index (χ0n) is 9.68. The number of hydrogen-bond acceptors (Lipinski definition) is 5. The normalized spacial score (nSPS) is 10.9. The molecule has 0 aromatic carbocycles. The molecule has 1 aromatic heterocycles. The third-order valence-electron chi connectivity index (χ3n) is 1.82. The van der Waals surface area contributed by atoms with Crippen LogP contribution in [0.3, 0.4) is 0 Å². The first-order valence-corrected chi connectivity index (χ1v) is 6.91. The van der Waals surface area contributed by atoms with E-state index in [0.717, 1.165) is 0 Å².